The number of nitrogens with two attached hydrogens (primary N) is 1. The quantitative estimate of drug-likeness (QED) is 0.932. The Hall–Kier alpha value is -1.24. The molecule has 2 N–H and O–H groups in total. The van der Waals surface area contributed by atoms with Gasteiger partial charge in [0.25, 0.3) is 0 Å². The Bertz CT molecular complexity index is 578. The van der Waals surface area contributed by atoms with Gasteiger partial charge in [0.2, 0.25) is 11.8 Å². The fourth-order valence-corrected chi connectivity index (χ4v) is 2.82. The summed E-state index contributed by atoms with van der Waals surface area (Å²) in [5.41, 5.74) is 6.83. The first-order valence-electron chi connectivity index (χ1n) is 6.77. The predicted molar refractivity (Wildman–Crippen MR) is 79.9 cm³/mol. The fourth-order valence-electron chi connectivity index (χ4n) is 2.36. The molecule has 0 saturated carbocycles. The fraction of sp³-hybridized carbons (Fsp3) is 0.429. The zero-order valence-electron chi connectivity index (χ0n) is 11.1. The van der Waals surface area contributed by atoms with Crippen LogP contribution in [0.2, 0.25) is 0 Å². The maximum absolute atomic E-state index is 5.90. The number of benzene rings is 1. The van der Waals surface area contributed by atoms with Crippen molar-refractivity contribution in [1.29, 1.82) is 0 Å². The van der Waals surface area contributed by atoms with Crippen LogP contribution in [0.5, 0.6) is 0 Å². The minimum atomic E-state index is 0.338. The number of nitrogens with zero attached hydrogens (tertiary/aromatic N) is 3. The Morgan fingerprint density at radius 2 is 2.00 bits per heavy atom. The zero-order chi connectivity index (χ0) is 13.9. The molecule has 1 aliphatic rings. The van der Waals surface area contributed by atoms with Gasteiger partial charge in [-0.1, -0.05) is 12.1 Å². The molecule has 1 saturated heterocycles. The molecular formula is C14H17BrN4O. The number of hydrogen-bond acceptors (Lipinski definition) is 5. The highest BCUT2D eigenvalue weighted by Crippen LogP contribution is 2.27. The van der Waals surface area contributed by atoms with Crippen LogP contribution >= 0.6 is 15.9 Å². The van der Waals surface area contributed by atoms with Gasteiger partial charge in [0.15, 0.2) is 0 Å². The van der Waals surface area contributed by atoms with Gasteiger partial charge in [-0.05, 0) is 40.9 Å². The van der Waals surface area contributed by atoms with Crippen molar-refractivity contribution >= 4 is 15.9 Å². The van der Waals surface area contributed by atoms with Crippen LogP contribution in [0.15, 0.2) is 33.2 Å². The lowest BCUT2D eigenvalue weighted by molar-refractivity contribution is 0.189. The normalized spacial score (nSPS) is 17.5. The molecule has 0 radical (unpaired) electrons. The molecule has 1 aliphatic heterocycles. The van der Waals surface area contributed by atoms with E-state index in [0.29, 0.717) is 24.4 Å². The summed E-state index contributed by atoms with van der Waals surface area (Å²) in [6.45, 7) is 2.69. The molecule has 2 heterocycles. The second-order valence-corrected chi connectivity index (χ2v) is 5.95. The van der Waals surface area contributed by atoms with E-state index in [4.69, 9.17) is 10.2 Å². The van der Waals surface area contributed by atoms with Crippen LogP contribution in [-0.4, -0.2) is 34.2 Å². The predicted octanol–water partition coefficient (Wildman–Crippen LogP) is 2.42. The van der Waals surface area contributed by atoms with Crippen LogP contribution in [0.25, 0.3) is 11.5 Å². The van der Waals surface area contributed by atoms with Crippen molar-refractivity contribution in [3.8, 4) is 11.5 Å². The van der Waals surface area contributed by atoms with E-state index in [1.807, 2.05) is 24.3 Å². The largest absolute Gasteiger partial charge is 0.419 e. The number of hydrogen-bond donors (Lipinski definition) is 1. The SMILES string of the molecule is NC1CCN(Cc2nnc(-c3ccccc3Br)o2)CC1. The van der Waals surface area contributed by atoms with Crippen LogP contribution in [0.4, 0.5) is 0 Å². The van der Waals surface area contributed by atoms with Crippen LogP contribution in [0.1, 0.15) is 18.7 Å². The van der Waals surface area contributed by atoms with E-state index in [9.17, 15) is 0 Å². The number of halogens is 1. The minimum absolute atomic E-state index is 0.338. The highest BCUT2D eigenvalue weighted by Gasteiger charge is 2.19. The Balaban J connectivity index is 1.70. The van der Waals surface area contributed by atoms with Gasteiger partial charge in [-0.25, -0.2) is 0 Å². The van der Waals surface area contributed by atoms with E-state index in [2.05, 4.69) is 31.0 Å². The number of rotatable bonds is 3. The van der Waals surface area contributed by atoms with Crippen molar-refractivity contribution in [3.05, 3.63) is 34.6 Å². The first-order chi connectivity index (χ1) is 9.72. The molecule has 106 valence electrons. The molecule has 0 atom stereocenters. The maximum atomic E-state index is 5.90. The molecule has 1 fully saturated rings. The Labute approximate surface area is 126 Å². The van der Waals surface area contributed by atoms with Crippen molar-refractivity contribution in [2.45, 2.75) is 25.4 Å². The molecule has 5 nitrogen and oxygen atoms in total. The molecule has 6 heteroatoms. The average Bonchev–Trinajstić information content (AvgIpc) is 2.90. The van der Waals surface area contributed by atoms with Gasteiger partial charge in [0, 0.05) is 23.6 Å². The van der Waals surface area contributed by atoms with Crippen LogP contribution < -0.4 is 5.73 Å². The summed E-state index contributed by atoms with van der Waals surface area (Å²) >= 11 is 3.50. The van der Waals surface area contributed by atoms with E-state index in [1.165, 1.54) is 0 Å². The molecule has 0 amide bonds. The smallest absolute Gasteiger partial charge is 0.248 e. The standard InChI is InChI=1S/C14H17BrN4O/c15-12-4-2-1-3-11(12)14-18-17-13(20-14)9-19-7-5-10(16)6-8-19/h1-4,10H,5-9,16H2. The number of aromatic nitrogens is 2. The lowest BCUT2D eigenvalue weighted by Gasteiger charge is -2.28. The summed E-state index contributed by atoms with van der Waals surface area (Å²) in [7, 11) is 0. The van der Waals surface area contributed by atoms with E-state index in [0.717, 1.165) is 36.0 Å². The zero-order valence-corrected chi connectivity index (χ0v) is 12.7. The van der Waals surface area contributed by atoms with Crippen molar-refractivity contribution < 1.29 is 4.42 Å². The van der Waals surface area contributed by atoms with Gasteiger partial charge in [-0.2, -0.15) is 0 Å². The highest BCUT2D eigenvalue weighted by atomic mass is 79.9. The van der Waals surface area contributed by atoms with E-state index in [-0.39, 0.29) is 0 Å². The average molecular weight is 337 g/mol. The second-order valence-electron chi connectivity index (χ2n) is 5.09. The molecule has 1 aromatic heterocycles. The monoisotopic (exact) mass is 336 g/mol. The molecule has 20 heavy (non-hydrogen) atoms. The molecule has 1 aromatic carbocycles. The summed E-state index contributed by atoms with van der Waals surface area (Å²) in [6.07, 6.45) is 2.07. The van der Waals surface area contributed by atoms with Crippen LogP contribution in [0.3, 0.4) is 0 Å². The first kappa shape index (κ1) is 13.7. The summed E-state index contributed by atoms with van der Waals surface area (Å²) in [6, 6.07) is 8.18. The molecule has 0 unspecified atom stereocenters. The third-order valence-corrected chi connectivity index (χ3v) is 4.25. The van der Waals surface area contributed by atoms with Crippen LogP contribution in [-0.2, 0) is 6.54 Å². The third-order valence-electron chi connectivity index (χ3n) is 3.56. The van der Waals surface area contributed by atoms with Gasteiger partial charge >= 0.3 is 0 Å². The summed E-state index contributed by atoms with van der Waals surface area (Å²) < 4.78 is 6.71. The lowest BCUT2D eigenvalue weighted by atomic mass is 10.1. The molecule has 0 spiro atoms. The topological polar surface area (TPSA) is 68.2 Å². The van der Waals surface area contributed by atoms with Gasteiger partial charge in [-0.3, -0.25) is 4.90 Å². The second kappa shape index (κ2) is 6.03. The molecule has 3 rings (SSSR count). The first-order valence-corrected chi connectivity index (χ1v) is 7.57. The number of likely N-dealkylation sites (tertiary alicyclic amines) is 1. The summed E-state index contributed by atoms with van der Waals surface area (Å²) in [5.74, 6) is 1.22. The molecule has 0 aliphatic carbocycles. The molecule has 0 bridgehead atoms. The minimum Gasteiger partial charge on any atom is -0.419 e. The highest BCUT2D eigenvalue weighted by molar-refractivity contribution is 9.10. The third kappa shape index (κ3) is 3.08. The van der Waals surface area contributed by atoms with E-state index in [1.54, 1.807) is 0 Å². The van der Waals surface area contributed by atoms with Crippen molar-refractivity contribution in [2.75, 3.05) is 13.1 Å². The van der Waals surface area contributed by atoms with Crippen LogP contribution in [0, 0.1) is 0 Å². The number of piperidine rings is 1. The lowest BCUT2D eigenvalue weighted by Crippen LogP contribution is -2.39. The summed E-state index contributed by atoms with van der Waals surface area (Å²) in [4.78, 5) is 2.31. The van der Waals surface area contributed by atoms with Gasteiger partial charge in [0.05, 0.1) is 12.1 Å². The van der Waals surface area contributed by atoms with Crippen molar-refractivity contribution in [3.63, 3.8) is 0 Å². The van der Waals surface area contributed by atoms with E-state index >= 15 is 0 Å². The van der Waals surface area contributed by atoms with Crippen molar-refractivity contribution in [2.24, 2.45) is 5.73 Å². The Kier molecular flexibility index (Phi) is 4.14. The van der Waals surface area contributed by atoms with Crippen molar-refractivity contribution in [1.82, 2.24) is 15.1 Å². The Morgan fingerprint density at radius 1 is 1.25 bits per heavy atom. The van der Waals surface area contributed by atoms with Gasteiger partial charge in [-0.15, -0.1) is 10.2 Å². The Morgan fingerprint density at radius 3 is 2.75 bits per heavy atom. The van der Waals surface area contributed by atoms with E-state index < -0.39 is 0 Å². The molecule has 2 aromatic rings. The van der Waals surface area contributed by atoms with Gasteiger partial charge < -0.3 is 10.2 Å². The van der Waals surface area contributed by atoms with Gasteiger partial charge in [0.1, 0.15) is 0 Å². The molecular weight excluding hydrogens is 320 g/mol. The maximum Gasteiger partial charge on any atom is 0.248 e. The summed E-state index contributed by atoms with van der Waals surface area (Å²) in [5, 5.41) is 8.27.